The largest absolute Gasteiger partial charge is 0.455 e. The molecular formula is C15H14N2O2S. The highest BCUT2D eigenvalue weighted by Crippen LogP contribution is 2.19. The van der Waals surface area contributed by atoms with E-state index in [1.807, 2.05) is 29.6 Å². The minimum absolute atomic E-state index is 0.217. The van der Waals surface area contributed by atoms with Crippen molar-refractivity contribution in [2.24, 2.45) is 0 Å². The first kappa shape index (κ1) is 12.9. The predicted octanol–water partition coefficient (Wildman–Crippen LogP) is 3.54. The van der Waals surface area contributed by atoms with Crippen molar-refractivity contribution in [3.8, 4) is 0 Å². The second-order valence-corrected chi connectivity index (χ2v) is 5.35. The van der Waals surface area contributed by atoms with E-state index in [0.717, 1.165) is 28.0 Å². The van der Waals surface area contributed by atoms with Gasteiger partial charge in [-0.05, 0) is 12.5 Å². The molecule has 102 valence electrons. The van der Waals surface area contributed by atoms with E-state index in [1.165, 1.54) is 0 Å². The van der Waals surface area contributed by atoms with E-state index in [1.54, 1.807) is 17.5 Å². The molecule has 0 bridgehead atoms. The van der Waals surface area contributed by atoms with E-state index in [9.17, 15) is 4.79 Å². The van der Waals surface area contributed by atoms with Crippen LogP contribution in [0.25, 0.3) is 10.9 Å². The van der Waals surface area contributed by atoms with Crippen molar-refractivity contribution in [2.75, 3.05) is 0 Å². The van der Waals surface area contributed by atoms with Crippen LogP contribution in [0.2, 0.25) is 0 Å². The Morgan fingerprint density at radius 3 is 3.05 bits per heavy atom. The normalized spacial score (nSPS) is 10.8. The van der Waals surface area contributed by atoms with E-state index in [-0.39, 0.29) is 12.6 Å². The highest BCUT2D eigenvalue weighted by atomic mass is 32.1. The summed E-state index contributed by atoms with van der Waals surface area (Å²) in [6.45, 7) is 2.27. The number of aryl methyl sites for hydroxylation is 1. The van der Waals surface area contributed by atoms with Gasteiger partial charge < -0.3 is 9.72 Å². The van der Waals surface area contributed by atoms with Crippen molar-refractivity contribution in [1.82, 2.24) is 9.97 Å². The number of para-hydroxylation sites is 1. The number of carbonyl (C=O) groups excluding carboxylic acids is 1. The van der Waals surface area contributed by atoms with Gasteiger partial charge in [0.15, 0.2) is 0 Å². The topological polar surface area (TPSA) is 55.0 Å². The first-order valence-corrected chi connectivity index (χ1v) is 7.32. The van der Waals surface area contributed by atoms with Crippen molar-refractivity contribution in [2.45, 2.75) is 20.0 Å². The van der Waals surface area contributed by atoms with E-state index in [4.69, 9.17) is 4.74 Å². The molecule has 1 N–H and O–H groups in total. The number of aromatic nitrogens is 2. The van der Waals surface area contributed by atoms with Gasteiger partial charge in [0, 0.05) is 22.5 Å². The number of thiazole rings is 1. The van der Waals surface area contributed by atoms with E-state index in [0.29, 0.717) is 5.56 Å². The van der Waals surface area contributed by atoms with E-state index < -0.39 is 0 Å². The molecule has 4 nitrogen and oxygen atoms in total. The number of esters is 1. The van der Waals surface area contributed by atoms with Crippen LogP contribution in [0.1, 0.15) is 28.0 Å². The molecule has 2 aromatic heterocycles. The summed E-state index contributed by atoms with van der Waals surface area (Å²) in [7, 11) is 0. The molecule has 3 rings (SSSR count). The van der Waals surface area contributed by atoms with Crippen LogP contribution in [0.15, 0.2) is 35.8 Å². The maximum Gasteiger partial charge on any atom is 0.340 e. The van der Waals surface area contributed by atoms with Crippen molar-refractivity contribution in [1.29, 1.82) is 0 Å². The van der Waals surface area contributed by atoms with Gasteiger partial charge in [0.1, 0.15) is 6.61 Å². The quantitative estimate of drug-likeness (QED) is 0.746. The lowest BCUT2D eigenvalue weighted by atomic mass is 10.2. The Hall–Kier alpha value is -2.14. The van der Waals surface area contributed by atoms with Crippen LogP contribution in [0, 0.1) is 0 Å². The third-order valence-corrected chi connectivity index (χ3v) is 4.10. The van der Waals surface area contributed by atoms with Gasteiger partial charge in [0.25, 0.3) is 0 Å². The number of hydrogen-bond acceptors (Lipinski definition) is 4. The molecule has 0 aliphatic rings. The minimum Gasteiger partial charge on any atom is -0.455 e. The summed E-state index contributed by atoms with van der Waals surface area (Å²) in [5.74, 6) is -0.325. The summed E-state index contributed by atoms with van der Waals surface area (Å²) in [6.07, 6.45) is 2.59. The Kier molecular flexibility index (Phi) is 3.52. The van der Waals surface area contributed by atoms with Gasteiger partial charge in [-0.3, -0.25) is 0 Å². The molecule has 0 aliphatic heterocycles. The number of benzene rings is 1. The van der Waals surface area contributed by atoms with Gasteiger partial charge in [-0.25, -0.2) is 9.78 Å². The lowest BCUT2D eigenvalue weighted by Crippen LogP contribution is -2.04. The first-order valence-electron chi connectivity index (χ1n) is 6.44. The molecule has 0 radical (unpaired) electrons. The van der Waals surface area contributed by atoms with Crippen molar-refractivity contribution in [3.05, 3.63) is 52.1 Å². The highest BCUT2D eigenvalue weighted by molar-refractivity contribution is 7.09. The number of H-pyrrole nitrogens is 1. The van der Waals surface area contributed by atoms with Crippen LogP contribution in [0.5, 0.6) is 0 Å². The van der Waals surface area contributed by atoms with Crippen LogP contribution in [-0.2, 0) is 17.8 Å². The molecule has 0 saturated carbocycles. The Labute approximate surface area is 120 Å². The fraction of sp³-hybridized carbons (Fsp3) is 0.200. The molecular weight excluding hydrogens is 272 g/mol. The summed E-state index contributed by atoms with van der Waals surface area (Å²) >= 11 is 1.59. The molecule has 0 aliphatic carbocycles. The van der Waals surface area contributed by atoms with Crippen molar-refractivity contribution >= 4 is 28.2 Å². The molecule has 3 aromatic rings. The number of nitrogens with one attached hydrogen (secondary N) is 1. The molecule has 0 fully saturated rings. The molecule has 1 aromatic carbocycles. The average molecular weight is 286 g/mol. The van der Waals surface area contributed by atoms with Crippen LogP contribution in [0.4, 0.5) is 0 Å². The fourth-order valence-corrected chi connectivity index (χ4v) is 2.76. The van der Waals surface area contributed by atoms with Crippen molar-refractivity contribution in [3.63, 3.8) is 0 Å². The van der Waals surface area contributed by atoms with Gasteiger partial charge in [-0.2, -0.15) is 0 Å². The van der Waals surface area contributed by atoms with Gasteiger partial charge in [-0.15, -0.1) is 11.3 Å². The minimum atomic E-state index is -0.325. The van der Waals surface area contributed by atoms with Crippen LogP contribution in [0.3, 0.4) is 0 Å². The summed E-state index contributed by atoms with van der Waals surface area (Å²) in [6, 6.07) is 7.66. The number of hydrogen-bond donors (Lipinski definition) is 1. The number of carbonyl (C=O) groups is 1. The van der Waals surface area contributed by atoms with Gasteiger partial charge in [0.2, 0.25) is 0 Å². The Bertz CT molecular complexity index is 745. The number of rotatable bonds is 4. The zero-order valence-corrected chi connectivity index (χ0v) is 11.9. The summed E-state index contributed by atoms with van der Waals surface area (Å²) in [4.78, 5) is 19.5. The highest BCUT2D eigenvalue weighted by Gasteiger charge is 2.13. The van der Waals surface area contributed by atoms with Crippen LogP contribution in [-0.4, -0.2) is 15.9 Å². The molecule has 0 unspecified atom stereocenters. The Morgan fingerprint density at radius 2 is 2.25 bits per heavy atom. The zero-order chi connectivity index (χ0) is 13.9. The van der Waals surface area contributed by atoms with Crippen LogP contribution >= 0.6 is 11.3 Å². The average Bonchev–Trinajstić information content (AvgIpc) is 3.11. The summed E-state index contributed by atoms with van der Waals surface area (Å²) in [5.41, 5.74) is 2.30. The second kappa shape index (κ2) is 5.46. The molecule has 0 spiro atoms. The van der Waals surface area contributed by atoms with E-state index >= 15 is 0 Å². The number of fused-ring (bicyclic) bond motifs is 1. The predicted molar refractivity (Wildman–Crippen MR) is 78.9 cm³/mol. The number of aromatic amines is 1. The maximum atomic E-state index is 12.1. The molecule has 2 heterocycles. The smallest absolute Gasteiger partial charge is 0.340 e. The Morgan fingerprint density at radius 1 is 1.40 bits per heavy atom. The summed E-state index contributed by atoms with van der Waals surface area (Å²) < 4.78 is 5.32. The standard InChI is InChI=1S/C15H14N2O2S/c1-2-14-17-10(9-20-14)8-19-15(18)12-7-16-13-6-4-3-5-11(12)13/h3-7,9,16H,2,8H2,1H3. The molecule has 0 saturated heterocycles. The van der Waals surface area contributed by atoms with Gasteiger partial charge >= 0.3 is 5.97 Å². The molecule has 0 amide bonds. The monoisotopic (exact) mass is 286 g/mol. The third kappa shape index (κ3) is 2.44. The molecule has 20 heavy (non-hydrogen) atoms. The van der Waals surface area contributed by atoms with Crippen LogP contribution < -0.4 is 0 Å². The van der Waals surface area contributed by atoms with Gasteiger partial charge in [-0.1, -0.05) is 25.1 Å². The zero-order valence-electron chi connectivity index (χ0n) is 11.1. The SMILES string of the molecule is CCc1nc(COC(=O)c2c[nH]c3ccccc23)cs1. The number of ether oxygens (including phenoxy) is 1. The number of nitrogens with zero attached hydrogens (tertiary/aromatic N) is 1. The second-order valence-electron chi connectivity index (χ2n) is 4.41. The molecule has 5 heteroatoms. The Balaban J connectivity index is 1.73. The third-order valence-electron chi connectivity index (χ3n) is 3.06. The van der Waals surface area contributed by atoms with Crippen molar-refractivity contribution < 1.29 is 9.53 Å². The lowest BCUT2D eigenvalue weighted by Gasteiger charge is -2.01. The fourth-order valence-electron chi connectivity index (χ4n) is 2.04. The summed E-state index contributed by atoms with van der Waals surface area (Å²) in [5, 5.41) is 3.87. The van der Waals surface area contributed by atoms with Gasteiger partial charge in [0.05, 0.1) is 16.3 Å². The maximum absolute atomic E-state index is 12.1. The van der Waals surface area contributed by atoms with E-state index in [2.05, 4.69) is 16.9 Å². The lowest BCUT2D eigenvalue weighted by molar-refractivity contribution is 0.0470. The molecule has 0 atom stereocenters. The first-order chi connectivity index (χ1) is 9.78.